The van der Waals surface area contributed by atoms with Crippen LogP contribution in [0.3, 0.4) is 0 Å². The zero-order chi connectivity index (χ0) is 23.1. The number of hydrogen-bond acceptors (Lipinski definition) is 3. The third-order valence-electron chi connectivity index (χ3n) is 6.13. The maximum Gasteiger partial charge on any atom is 0.125 e. The van der Waals surface area contributed by atoms with Crippen molar-refractivity contribution in [3.63, 3.8) is 0 Å². The summed E-state index contributed by atoms with van der Waals surface area (Å²) in [6.07, 6.45) is 0.804. The van der Waals surface area contributed by atoms with Gasteiger partial charge in [0.05, 0.1) is 5.54 Å². The molecule has 0 heterocycles. The van der Waals surface area contributed by atoms with Gasteiger partial charge in [-0.2, -0.15) is 0 Å². The average molecular weight is 431 g/mol. The van der Waals surface area contributed by atoms with Crippen molar-refractivity contribution in [1.82, 2.24) is 4.90 Å². The summed E-state index contributed by atoms with van der Waals surface area (Å²) in [5.41, 5.74) is 10.7. The Balaban J connectivity index is 2.23. The van der Waals surface area contributed by atoms with Crippen LogP contribution in [-0.2, 0) is 12.1 Å². The van der Waals surface area contributed by atoms with Crippen molar-refractivity contribution in [3.8, 4) is 5.75 Å². The lowest BCUT2D eigenvalue weighted by Gasteiger charge is -2.50. The molecule has 0 fully saturated rings. The fourth-order valence-corrected chi connectivity index (χ4v) is 5.08. The predicted molar refractivity (Wildman–Crippen MR) is 135 cm³/mol. The van der Waals surface area contributed by atoms with E-state index >= 15 is 0 Å². The highest BCUT2D eigenvalue weighted by atomic mass is 16.5. The van der Waals surface area contributed by atoms with Gasteiger partial charge in [-0.15, -0.1) is 0 Å². The normalized spacial score (nSPS) is 13.5. The quantitative estimate of drug-likeness (QED) is 0.411. The minimum Gasteiger partial charge on any atom is -0.489 e. The lowest BCUT2D eigenvalue weighted by Crippen LogP contribution is -2.54. The molecular weight excluding hydrogens is 392 g/mol. The van der Waals surface area contributed by atoms with Gasteiger partial charge in [-0.3, -0.25) is 4.90 Å². The Labute approximate surface area is 194 Å². The molecule has 3 aromatic carbocycles. The molecule has 0 bridgehead atoms. The molecule has 0 saturated heterocycles. The van der Waals surface area contributed by atoms with Gasteiger partial charge < -0.3 is 10.5 Å². The summed E-state index contributed by atoms with van der Waals surface area (Å²) in [5.74, 6) is 0.919. The SMILES string of the molecule is Cc1ccc(OCc2ccccc2)c(C(CCN)(c2ccccc2)N(C(C)C)C(C)C)c1. The molecule has 0 radical (unpaired) electrons. The van der Waals surface area contributed by atoms with E-state index in [4.69, 9.17) is 10.5 Å². The number of aryl methyl sites for hydroxylation is 1. The maximum absolute atomic E-state index is 6.49. The largest absolute Gasteiger partial charge is 0.489 e. The van der Waals surface area contributed by atoms with Crippen molar-refractivity contribution < 1.29 is 4.74 Å². The zero-order valence-electron chi connectivity index (χ0n) is 20.2. The Kier molecular flexibility index (Phi) is 8.11. The highest BCUT2D eigenvalue weighted by Crippen LogP contribution is 2.45. The molecule has 0 amide bonds. The van der Waals surface area contributed by atoms with Gasteiger partial charge in [0, 0.05) is 17.6 Å². The van der Waals surface area contributed by atoms with Crippen molar-refractivity contribution in [1.29, 1.82) is 0 Å². The van der Waals surface area contributed by atoms with Crippen LogP contribution in [0.25, 0.3) is 0 Å². The van der Waals surface area contributed by atoms with Crippen LogP contribution in [0, 0.1) is 6.92 Å². The monoisotopic (exact) mass is 430 g/mol. The van der Waals surface area contributed by atoms with E-state index in [0.717, 1.165) is 17.7 Å². The second kappa shape index (κ2) is 10.8. The van der Waals surface area contributed by atoms with E-state index in [1.54, 1.807) is 0 Å². The van der Waals surface area contributed by atoms with Crippen molar-refractivity contribution in [2.24, 2.45) is 5.73 Å². The lowest BCUT2D eigenvalue weighted by molar-refractivity contribution is 0.0435. The summed E-state index contributed by atoms with van der Waals surface area (Å²) >= 11 is 0. The smallest absolute Gasteiger partial charge is 0.125 e. The summed E-state index contributed by atoms with van der Waals surface area (Å²) in [6.45, 7) is 12.4. The molecule has 0 aromatic heterocycles. The fourth-order valence-electron chi connectivity index (χ4n) is 5.08. The van der Waals surface area contributed by atoms with Gasteiger partial charge in [0.25, 0.3) is 0 Å². The Morgan fingerprint density at radius 1 is 0.844 bits per heavy atom. The van der Waals surface area contributed by atoms with Crippen LogP contribution >= 0.6 is 0 Å². The highest BCUT2D eigenvalue weighted by Gasteiger charge is 2.44. The van der Waals surface area contributed by atoms with Crippen LogP contribution in [0.4, 0.5) is 0 Å². The van der Waals surface area contributed by atoms with Gasteiger partial charge in [-0.1, -0.05) is 78.4 Å². The lowest BCUT2D eigenvalue weighted by atomic mass is 9.76. The van der Waals surface area contributed by atoms with Gasteiger partial charge in [-0.05, 0) is 64.8 Å². The Hall–Kier alpha value is -2.62. The Morgan fingerprint density at radius 2 is 1.44 bits per heavy atom. The van der Waals surface area contributed by atoms with Crippen molar-refractivity contribution in [3.05, 3.63) is 101 Å². The third-order valence-corrected chi connectivity index (χ3v) is 6.13. The first-order chi connectivity index (χ1) is 15.4. The van der Waals surface area contributed by atoms with Crippen LogP contribution in [0.15, 0.2) is 78.9 Å². The number of ether oxygens (including phenoxy) is 1. The van der Waals surface area contributed by atoms with E-state index in [2.05, 4.69) is 112 Å². The maximum atomic E-state index is 6.49. The molecule has 1 unspecified atom stereocenters. The number of benzene rings is 3. The Bertz CT molecular complexity index is 961. The molecule has 0 aliphatic heterocycles. The van der Waals surface area contributed by atoms with Crippen LogP contribution in [0.1, 0.15) is 56.4 Å². The second-order valence-corrected chi connectivity index (χ2v) is 9.13. The highest BCUT2D eigenvalue weighted by molar-refractivity contribution is 5.49. The molecule has 3 heteroatoms. The third kappa shape index (κ3) is 5.06. The second-order valence-electron chi connectivity index (χ2n) is 9.13. The minimum absolute atomic E-state index is 0.323. The molecule has 3 nitrogen and oxygen atoms in total. The molecule has 2 N–H and O–H groups in total. The first kappa shape index (κ1) is 24.0. The number of nitrogens with two attached hydrogens (primary N) is 1. The molecule has 3 aromatic rings. The summed E-state index contributed by atoms with van der Waals surface area (Å²) in [5, 5.41) is 0. The van der Waals surface area contributed by atoms with Gasteiger partial charge in [-0.25, -0.2) is 0 Å². The van der Waals surface area contributed by atoms with E-state index in [9.17, 15) is 0 Å². The molecule has 1 atom stereocenters. The molecular formula is C29H38N2O. The first-order valence-corrected chi connectivity index (χ1v) is 11.7. The van der Waals surface area contributed by atoms with Crippen LogP contribution < -0.4 is 10.5 Å². The van der Waals surface area contributed by atoms with E-state index < -0.39 is 5.54 Å². The Morgan fingerprint density at radius 3 is 2.00 bits per heavy atom. The van der Waals surface area contributed by atoms with Crippen LogP contribution in [-0.4, -0.2) is 23.5 Å². The van der Waals surface area contributed by atoms with E-state index in [0.29, 0.717) is 25.2 Å². The topological polar surface area (TPSA) is 38.5 Å². The van der Waals surface area contributed by atoms with Gasteiger partial charge in [0.2, 0.25) is 0 Å². The average Bonchev–Trinajstić information content (AvgIpc) is 2.78. The number of hydrogen-bond donors (Lipinski definition) is 1. The molecule has 170 valence electrons. The molecule has 0 aliphatic rings. The van der Waals surface area contributed by atoms with Gasteiger partial charge in [0.15, 0.2) is 0 Å². The van der Waals surface area contributed by atoms with Gasteiger partial charge >= 0.3 is 0 Å². The fraction of sp³-hybridized carbons (Fsp3) is 0.379. The van der Waals surface area contributed by atoms with E-state index in [-0.39, 0.29) is 0 Å². The predicted octanol–water partition coefficient (Wildman–Crippen LogP) is 6.29. The minimum atomic E-state index is -0.392. The van der Waals surface area contributed by atoms with Crippen LogP contribution in [0.2, 0.25) is 0 Å². The molecule has 0 aliphatic carbocycles. The van der Waals surface area contributed by atoms with Gasteiger partial charge in [0.1, 0.15) is 12.4 Å². The van der Waals surface area contributed by atoms with Crippen LogP contribution in [0.5, 0.6) is 5.75 Å². The summed E-state index contributed by atoms with van der Waals surface area (Å²) in [6, 6.07) is 28.3. The van der Waals surface area contributed by atoms with E-state index in [1.165, 1.54) is 16.7 Å². The standard InChI is InChI=1S/C29H38N2O/c1-22(2)31(23(3)4)29(18-19-30,26-14-10-7-11-15-26)27-20-24(5)16-17-28(27)32-21-25-12-8-6-9-13-25/h6-17,20,22-23H,18-19,21,30H2,1-5H3. The molecule has 0 spiro atoms. The zero-order valence-corrected chi connectivity index (χ0v) is 20.2. The van der Waals surface area contributed by atoms with Crippen molar-refractivity contribution in [2.75, 3.05) is 6.54 Å². The molecule has 32 heavy (non-hydrogen) atoms. The summed E-state index contributed by atoms with van der Waals surface area (Å²) in [7, 11) is 0. The molecule has 3 rings (SSSR count). The number of rotatable bonds is 10. The number of nitrogens with zero attached hydrogens (tertiary/aromatic N) is 1. The van der Waals surface area contributed by atoms with Crippen molar-refractivity contribution >= 4 is 0 Å². The first-order valence-electron chi connectivity index (χ1n) is 11.7. The van der Waals surface area contributed by atoms with E-state index in [1.807, 2.05) is 6.07 Å². The summed E-state index contributed by atoms with van der Waals surface area (Å²) in [4.78, 5) is 2.60. The van der Waals surface area contributed by atoms with Crippen molar-refractivity contribution in [2.45, 2.75) is 65.3 Å². The summed E-state index contributed by atoms with van der Waals surface area (Å²) < 4.78 is 6.49. The molecule has 0 saturated carbocycles.